The Morgan fingerprint density at radius 2 is 2.18 bits per heavy atom. The summed E-state index contributed by atoms with van der Waals surface area (Å²) in [7, 11) is 0. The van der Waals surface area contributed by atoms with Crippen LogP contribution >= 0.6 is 0 Å². The van der Waals surface area contributed by atoms with E-state index in [0.29, 0.717) is 0 Å². The molecule has 1 aromatic rings. The van der Waals surface area contributed by atoms with Gasteiger partial charge in [-0.2, -0.15) is 4.98 Å². The van der Waals surface area contributed by atoms with Gasteiger partial charge in [-0.25, -0.2) is 0 Å². The van der Waals surface area contributed by atoms with Gasteiger partial charge in [0.25, 0.3) is 0 Å². The zero-order valence-electron chi connectivity index (χ0n) is 10.2. The molecule has 1 unspecified atom stereocenters. The van der Waals surface area contributed by atoms with Gasteiger partial charge in [-0.15, -0.1) is 0 Å². The van der Waals surface area contributed by atoms with Gasteiger partial charge in [0.05, 0.1) is 11.5 Å². The van der Waals surface area contributed by atoms with Crippen LogP contribution in [0, 0.1) is 0 Å². The monoisotopic (exact) mass is 237 g/mol. The van der Waals surface area contributed by atoms with Crippen molar-refractivity contribution in [1.29, 1.82) is 0 Å². The number of hydrogen-bond acceptors (Lipinski definition) is 5. The predicted molar refractivity (Wildman–Crippen MR) is 61.7 cm³/mol. The molecule has 1 atom stereocenters. The van der Waals surface area contributed by atoms with Crippen LogP contribution in [0.15, 0.2) is 4.52 Å². The molecule has 2 aliphatic heterocycles. The topological polar surface area (TPSA) is 60.2 Å². The standard InChI is InChI=1S/C12H19N3O2/c1-12(4-7-16-8-5-12)11-14-10(15-17-11)9-3-2-6-13-9/h9,13H,2-8H2,1H3. The molecule has 0 saturated carbocycles. The third-order valence-electron chi connectivity index (χ3n) is 3.93. The molecule has 2 fully saturated rings. The summed E-state index contributed by atoms with van der Waals surface area (Å²) >= 11 is 0. The Morgan fingerprint density at radius 3 is 2.88 bits per heavy atom. The highest BCUT2D eigenvalue weighted by Crippen LogP contribution is 2.34. The van der Waals surface area contributed by atoms with Crippen molar-refractivity contribution in [3.63, 3.8) is 0 Å². The SMILES string of the molecule is CC1(c2nc(C3CCCN3)no2)CCOCC1. The second kappa shape index (κ2) is 4.38. The zero-order chi connectivity index (χ0) is 11.7. The number of hydrogen-bond donors (Lipinski definition) is 1. The van der Waals surface area contributed by atoms with E-state index in [2.05, 4.69) is 22.4 Å². The molecule has 94 valence electrons. The van der Waals surface area contributed by atoms with Crippen LogP contribution in [-0.2, 0) is 10.2 Å². The molecule has 0 aliphatic carbocycles. The van der Waals surface area contributed by atoms with Crippen molar-refractivity contribution in [1.82, 2.24) is 15.5 Å². The molecule has 2 aliphatic rings. The fourth-order valence-corrected chi connectivity index (χ4v) is 2.56. The maximum absolute atomic E-state index is 5.46. The molecule has 3 heterocycles. The molecule has 17 heavy (non-hydrogen) atoms. The summed E-state index contributed by atoms with van der Waals surface area (Å²) in [5, 5.41) is 7.52. The van der Waals surface area contributed by atoms with Crippen molar-refractivity contribution in [3.8, 4) is 0 Å². The molecule has 2 saturated heterocycles. The van der Waals surface area contributed by atoms with Gasteiger partial charge < -0.3 is 14.6 Å². The van der Waals surface area contributed by atoms with Crippen LogP contribution in [0.25, 0.3) is 0 Å². The van der Waals surface area contributed by atoms with Crippen LogP contribution in [-0.4, -0.2) is 29.9 Å². The minimum absolute atomic E-state index is 0.00209. The Bertz CT molecular complexity index is 379. The lowest BCUT2D eigenvalue weighted by Gasteiger charge is -2.29. The predicted octanol–water partition coefficient (Wildman–Crippen LogP) is 1.56. The third kappa shape index (κ3) is 2.09. The Hall–Kier alpha value is -0.940. The van der Waals surface area contributed by atoms with Crippen molar-refractivity contribution in [2.24, 2.45) is 0 Å². The van der Waals surface area contributed by atoms with E-state index in [1.54, 1.807) is 0 Å². The highest BCUT2D eigenvalue weighted by molar-refractivity contribution is 5.06. The smallest absolute Gasteiger partial charge is 0.232 e. The van der Waals surface area contributed by atoms with Crippen molar-refractivity contribution in [2.75, 3.05) is 19.8 Å². The Kier molecular flexibility index (Phi) is 2.88. The van der Waals surface area contributed by atoms with Gasteiger partial charge in [0.2, 0.25) is 5.89 Å². The summed E-state index contributed by atoms with van der Waals surface area (Å²) in [6.45, 7) is 4.82. The third-order valence-corrected chi connectivity index (χ3v) is 3.93. The normalized spacial score (nSPS) is 28.4. The summed E-state index contributed by atoms with van der Waals surface area (Å²) in [5.74, 6) is 1.61. The van der Waals surface area contributed by atoms with E-state index < -0.39 is 0 Å². The van der Waals surface area contributed by atoms with E-state index in [9.17, 15) is 0 Å². The van der Waals surface area contributed by atoms with E-state index in [4.69, 9.17) is 9.26 Å². The molecule has 5 heteroatoms. The molecule has 0 radical (unpaired) electrons. The van der Waals surface area contributed by atoms with Crippen LogP contribution in [0.2, 0.25) is 0 Å². The van der Waals surface area contributed by atoms with Gasteiger partial charge in [0, 0.05) is 13.2 Å². The maximum Gasteiger partial charge on any atom is 0.232 e. The first-order valence-electron chi connectivity index (χ1n) is 6.43. The number of nitrogens with zero attached hydrogens (tertiary/aromatic N) is 2. The van der Waals surface area contributed by atoms with Crippen LogP contribution in [0.1, 0.15) is 50.4 Å². The fraction of sp³-hybridized carbons (Fsp3) is 0.833. The lowest BCUT2D eigenvalue weighted by molar-refractivity contribution is 0.0447. The molecule has 0 bridgehead atoms. The molecule has 0 aromatic carbocycles. The van der Waals surface area contributed by atoms with Crippen molar-refractivity contribution in [3.05, 3.63) is 11.7 Å². The Balaban J connectivity index is 1.78. The van der Waals surface area contributed by atoms with Gasteiger partial charge in [-0.1, -0.05) is 12.1 Å². The largest absolute Gasteiger partial charge is 0.381 e. The van der Waals surface area contributed by atoms with E-state index in [-0.39, 0.29) is 11.5 Å². The lowest BCUT2D eigenvalue weighted by atomic mass is 9.82. The van der Waals surface area contributed by atoms with Gasteiger partial charge in [-0.05, 0) is 32.2 Å². The molecule has 5 nitrogen and oxygen atoms in total. The molecule has 0 amide bonds. The van der Waals surface area contributed by atoms with Crippen molar-refractivity contribution >= 4 is 0 Å². The van der Waals surface area contributed by atoms with Crippen LogP contribution in [0.4, 0.5) is 0 Å². The van der Waals surface area contributed by atoms with Gasteiger partial charge in [0.1, 0.15) is 0 Å². The average Bonchev–Trinajstić information content (AvgIpc) is 3.01. The molecule has 3 rings (SSSR count). The van der Waals surface area contributed by atoms with Gasteiger partial charge >= 0.3 is 0 Å². The van der Waals surface area contributed by atoms with E-state index in [1.807, 2.05) is 0 Å². The average molecular weight is 237 g/mol. The number of nitrogens with one attached hydrogen (secondary N) is 1. The van der Waals surface area contributed by atoms with E-state index in [0.717, 1.165) is 50.7 Å². The highest BCUT2D eigenvalue weighted by Gasteiger charge is 2.36. The quantitative estimate of drug-likeness (QED) is 0.846. The number of aromatic nitrogens is 2. The molecule has 1 aromatic heterocycles. The maximum atomic E-state index is 5.46. The van der Waals surface area contributed by atoms with Crippen LogP contribution < -0.4 is 5.32 Å². The first kappa shape index (κ1) is 11.2. The summed E-state index contributed by atoms with van der Waals surface area (Å²) in [6, 6.07) is 0.288. The summed E-state index contributed by atoms with van der Waals surface area (Å²) in [6.07, 6.45) is 4.23. The number of rotatable bonds is 2. The summed E-state index contributed by atoms with van der Waals surface area (Å²) in [4.78, 5) is 4.59. The highest BCUT2D eigenvalue weighted by atomic mass is 16.5. The van der Waals surface area contributed by atoms with E-state index in [1.165, 1.54) is 6.42 Å². The van der Waals surface area contributed by atoms with Crippen molar-refractivity contribution < 1.29 is 9.26 Å². The molecular formula is C12H19N3O2. The minimum Gasteiger partial charge on any atom is -0.381 e. The zero-order valence-corrected chi connectivity index (χ0v) is 10.2. The second-order valence-corrected chi connectivity index (χ2v) is 5.28. The summed E-state index contributed by atoms with van der Waals surface area (Å²) in [5.41, 5.74) is 0.00209. The van der Waals surface area contributed by atoms with Gasteiger partial charge in [-0.3, -0.25) is 0 Å². The molecular weight excluding hydrogens is 218 g/mol. The Labute approximate surface area is 101 Å². The van der Waals surface area contributed by atoms with Crippen LogP contribution in [0.5, 0.6) is 0 Å². The second-order valence-electron chi connectivity index (χ2n) is 5.28. The fourth-order valence-electron chi connectivity index (χ4n) is 2.56. The van der Waals surface area contributed by atoms with Crippen LogP contribution in [0.3, 0.4) is 0 Å². The van der Waals surface area contributed by atoms with Crippen molar-refractivity contribution in [2.45, 2.75) is 44.1 Å². The molecule has 0 spiro atoms. The number of ether oxygens (including phenoxy) is 1. The summed E-state index contributed by atoms with van der Waals surface area (Å²) < 4.78 is 10.9. The lowest BCUT2D eigenvalue weighted by Crippen LogP contribution is -2.31. The Morgan fingerprint density at radius 1 is 1.35 bits per heavy atom. The van der Waals surface area contributed by atoms with Gasteiger partial charge in [0.15, 0.2) is 5.82 Å². The first-order valence-corrected chi connectivity index (χ1v) is 6.43. The van der Waals surface area contributed by atoms with E-state index >= 15 is 0 Å². The first-order chi connectivity index (χ1) is 8.28. The minimum atomic E-state index is 0.00209. The molecule has 1 N–H and O–H groups in total.